The maximum absolute atomic E-state index is 13.0. The van der Waals surface area contributed by atoms with Crippen LogP contribution in [0.4, 0.5) is 0 Å². The zero-order chi connectivity index (χ0) is 22.4. The van der Waals surface area contributed by atoms with Crippen molar-refractivity contribution >= 4 is 17.8 Å². The molecule has 0 N–H and O–H groups in total. The number of esters is 2. The van der Waals surface area contributed by atoms with Gasteiger partial charge in [-0.2, -0.15) is 0 Å². The second-order valence-electron chi connectivity index (χ2n) is 9.02. The largest absolute Gasteiger partial charge is 0.457 e. The molecule has 4 heterocycles. The summed E-state index contributed by atoms with van der Waals surface area (Å²) in [5, 5.41) is 0. The van der Waals surface area contributed by atoms with Gasteiger partial charge >= 0.3 is 11.9 Å². The highest BCUT2D eigenvalue weighted by atomic mass is 16.5. The Morgan fingerprint density at radius 3 is 2.41 bits per heavy atom. The van der Waals surface area contributed by atoms with E-state index in [0.29, 0.717) is 24.3 Å². The van der Waals surface area contributed by atoms with E-state index in [4.69, 9.17) is 9.47 Å². The van der Waals surface area contributed by atoms with Gasteiger partial charge in [0.2, 0.25) is 5.91 Å². The molecular weight excluding hydrogens is 410 g/mol. The molecule has 0 radical (unpaired) electrons. The third-order valence-electron chi connectivity index (χ3n) is 7.41. The van der Waals surface area contributed by atoms with Crippen LogP contribution < -0.4 is 0 Å². The van der Waals surface area contributed by atoms with Gasteiger partial charge in [-0.25, -0.2) is 9.59 Å². The van der Waals surface area contributed by atoms with Crippen LogP contribution in [-0.2, 0) is 32.1 Å². The molecular formula is C24H29N3O5. The Hall–Kier alpha value is -2.71. The van der Waals surface area contributed by atoms with Gasteiger partial charge in [-0.3, -0.25) is 9.69 Å². The molecule has 2 fully saturated rings. The van der Waals surface area contributed by atoms with Gasteiger partial charge in [0.1, 0.15) is 13.2 Å². The van der Waals surface area contributed by atoms with Crippen molar-refractivity contribution in [1.29, 1.82) is 0 Å². The summed E-state index contributed by atoms with van der Waals surface area (Å²) in [7, 11) is 0. The first-order chi connectivity index (χ1) is 15.4. The van der Waals surface area contributed by atoms with Crippen molar-refractivity contribution in [1.82, 2.24) is 14.7 Å². The minimum Gasteiger partial charge on any atom is -0.457 e. The second-order valence-corrected chi connectivity index (χ2v) is 9.02. The number of hydrogen-bond donors (Lipinski definition) is 0. The minimum absolute atomic E-state index is 0.0941. The molecule has 5 rings (SSSR count). The zero-order valence-corrected chi connectivity index (χ0v) is 18.7. The van der Waals surface area contributed by atoms with Crippen LogP contribution in [0.15, 0.2) is 23.4 Å². The third kappa shape index (κ3) is 3.61. The van der Waals surface area contributed by atoms with Gasteiger partial charge in [0.25, 0.3) is 0 Å². The topological polar surface area (TPSA) is 79.4 Å². The number of likely N-dealkylation sites (tertiary alicyclic amines) is 1. The molecule has 4 aliphatic rings. The van der Waals surface area contributed by atoms with Crippen molar-refractivity contribution in [3.8, 4) is 0 Å². The summed E-state index contributed by atoms with van der Waals surface area (Å²) < 4.78 is 10.2. The summed E-state index contributed by atoms with van der Waals surface area (Å²) in [6, 6.07) is 3.84. The predicted molar refractivity (Wildman–Crippen MR) is 116 cm³/mol. The van der Waals surface area contributed by atoms with Crippen molar-refractivity contribution in [2.75, 3.05) is 45.9 Å². The van der Waals surface area contributed by atoms with E-state index in [2.05, 4.69) is 22.8 Å². The molecule has 1 unspecified atom stereocenters. The number of hydrogen-bond acceptors (Lipinski definition) is 7. The number of piperazine rings is 1. The number of nitrogens with zero attached hydrogens (tertiary/aromatic N) is 3. The summed E-state index contributed by atoms with van der Waals surface area (Å²) in [5.74, 6) is -0.441. The molecule has 0 spiro atoms. The molecule has 0 aliphatic carbocycles. The van der Waals surface area contributed by atoms with Crippen LogP contribution in [0.5, 0.6) is 0 Å². The van der Waals surface area contributed by atoms with Crippen molar-refractivity contribution in [3.63, 3.8) is 0 Å². The predicted octanol–water partition coefficient (Wildman–Crippen LogP) is 1.26. The van der Waals surface area contributed by atoms with E-state index in [-0.39, 0.29) is 30.5 Å². The number of cyclic esters (lactones) is 2. The van der Waals surface area contributed by atoms with Gasteiger partial charge in [-0.1, -0.05) is 6.07 Å². The molecule has 1 amide bonds. The summed E-state index contributed by atoms with van der Waals surface area (Å²) in [6.45, 7) is 9.59. The van der Waals surface area contributed by atoms with Gasteiger partial charge in [-0.15, -0.1) is 0 Å². The fourth-order valence-electron chi connectivity index (χ4n) is 5.27. The smallest absolute Gasteiger partial charge is 0.338 e. The van der Waals surface area contributed by atoms with Crippen LogP contribution >= 0.6 is 0 Å². The van der Waals surface area contributed by atoms with Crippen LogP contribution in [0, 0.1) is 6.92 Å². The fraction of sp³-hybridized carbons (Fsp3) is 0.542. The zero-order valence-electron chi connectivity index (χ0n) is 18.7. The molecule has 0 aromatic heterocycles. The highest BCUT2D eigenvalue weighted by Crippen LogP contribution is 2.28. The number of fused-ring (bicyclic) bond motifs is 1. The Labute approximate surface area is 187 Å². The van der Waals surface area contributed by atoms with Gasteiger partial charge < -0.3 is 19.3 Å². The lowest BCUT2D eigenvalue weighted by Crippen LogP contribution is -2.52. The van der Waals surface area contributed by atoms with E-state index in [9.17, 15) is 14.4 Å². The Bertz CT molecular complexity index is 1010. The summed E-state index contributed by atoms with van der Waals surface area (Å²) in [5.41, 5.74) is 5.46. The number of rotatable bonds is 5. The summed E-state index contributed by atoms with van der Waals surface area (Å²) in [6.07, 6.45) is 1.73. The summed E-state index contributed by atoms with van der Waals surface area (Å²) >= 11 is 0. The molecule has 170 valence electrons. The normalized spacial score (nSPS) is 24.4. The molecule has 8 nitrogen and oxygen atoms in total. The van der Waals surface area contributed by atoms with Gasteiger partial charge in [0, 0.05) is 44.8 Å². The highest BCUT2D eigenvalue weighted by Gasteiger charge is 2.41. The number of ether oxygens (including phenoxy) is 2. The van der Waals surface area contributed by atoms with Crippen LogP contribution in [-0.4, -0.2) is 84.5 Å². The van der Waals surface area contributed by atoms with E-state index >= 15 is 0 Å². The van der Waals surface area contributed by atoms with Crippen LogP contribution in [0.25, 0.3) is 0 Å². The summed E-state index contributed by atoms with van der Waals surface area (Å²) in [4.78, 5) is 42.9. The average Bonchev–Trinajstić information content (AvgIpc) is 3.46. The molecule has 8 heteroatoms. The Balaban J connectivity index is 1.14. The molecule has 2 saturated heterocycles. The Morgan fingerprint density at radius 2 is 1.69 bits per heavy atom. The lowest BCUT2D eigenvalue weighted by atomic mass is 9.96. The number of benzene rings is 1. The van der Waals surface area contributed by atoms with Crippen molar-refractivity contribution < 1.29 is 23.9 Å². The van der Waals surface area contributed by atoms with E-state index in [1.807, 2.05) is 6.07 Å². The molecule has 1 aromatic rings. The standard InChI is InChI=1S/C24H29N3O5/c1-15-17(3-4-18-19(15)13-31-24(18)30)5-7-25-9-11-26(12-10-25)20-6-8-27(22(20)28)21-14-32-23(29)16(21)2/h3-4,20H,5-14H2,1-2H3. The molecule has 32 heavy (non-hydrogen) atoms. The van der Waals surface area contributed by atoms with E-state index in [1.165, 1.54) is 11.1 Å². The molecule has 1 aromatic carbocycles. The van der Waals surface area contributed by atoms with Gasteiger partial charge in [0.05, 0.1) is 22.9 Å². The van der Waals surface area contributed by atoms with Gasteiger partial charge in [0.15, 0.2) is 0 Å². The number of amides is 1. The average molecular weight is 440 g/mol. The molecule has 0 saturated carbocycles. The first-order valence-electron chi connectivity index (χ1n) is 11.4. The first kappa shape index (κ1) is 21.2. The Morgan fingerprint density at radius 1 is 0.938 bits per heavy atom. The monoisotopic (exact) mass is 439 g/mol. The second kappa shape index (κ2) is 8.33. The Kier molecular flexibility index (Phi) is 5.51. The molecule has 1 atom stereocenters. The fourth-order valence-corrected chi connectivity index (χ4v) is 5.27. The minimum atomic E-state index is -0.317. The lowest BCUT2D eigenvalue weighted by Gasteiger charge is -2.37. The van der Waals surface area contributed by atoms with Crippen molar-refractivity contribution in [3.05, 3.63) is 45.7 Å². The maximum Gasteiger partial charge on any atom is 0.338 e. The van der Waals surface area contributed by atoms with Crippen molar-refractivity contribution in [2.45, 2.75) is 39.3 Å². The molecule has 4 aliphatic heterocycles. The van der Waals surface area contributed by atoms with Crippen LogP contribution in [0.1, 0.15) is 40.4 Å². The molecule has 0 bridgehead atoms. The van der Waals surface area contributed by atoms with Crippen LogP contribution in [0.3, 0.4) is 0 Å². The maximum atomic E-state index is 13.0. The SMILES string of the molecule is CC1=C(N2CCC(N3CCN(CCc4ccc5c(c4C)COC5=O)CC3)C2=O)COC1=O. The number of carbonyl (C=O) groups is 3. The van der Waals surface area contributed by atoms with Crippen LogP contribution in [0.2, 0.25) is 0 Å². The first-order valence-corrected chi connectivity index (χ1v) is 11.4. The highest BCUT2D eigenvalue weighted by molar-refractivity contribution is 5.94. The lowest BCUT2D eigenvalue weighted by molar-refractivity contribution is -0.136. The quantitative estimate of drug-likeness (QED) is 0.639. The van der Waals surface area contributed by atoms with E-state index < -0.39 is 0 Å². The van der Waals surface area contributed by atoms with E-state index in [0.717, 1.165) is 56.8 Å². The third-order valence-corrected chi connectivity index (χ3v) is 7.41. The number of carbonyl (C=O) groups excluding carboxylic acids is 3. The van der Waals surface area contributed by atoms with E-state index in [1.54, 1.807) is 11.8 Å². The van der Waals surface area contributed by atoms with Crippen molar-refractivity contribution in [2.24, 2.45) is 0 Å². The van der Waals surface area contributed by atoms with Gasteiger partial charge in [-0.05, 0) is 43.9 Å².